The quantitative estimate of drug-likeness (QED) is 0.205. The van der Waals surface area contributed by atoms with E-state index in [-0.39, 0.29) is 5.41 Å². The molecule has 0 radical (unpaired) electrons. The van der Waals surface area contributed by atoms with Crippen molar-refractivity contribution in [3.63, 3.8) is 0 Å². The molecule has 0 bridgehead atoms. The van der Waals surface area contributed by atoms with Gasteiger partial charge >= 0.3 is 0 Å². The first-order chi connectivity index (χ1) is 18.7. The van der Waals surface area contributed by atoms with E-state index in [4.69, 9.17) is 0 Å². The van der Waals surface area contributed by atoms with Gasteiger partial charge in [-0.05, 0) is 57.0 Å². The van der Waals surface area contributed by atoms with Crippen LogP contribution in [-0.4, -0.2) is 0 Å². The summed E-state index contributed by atoms with van der Waals surface area (Å²) in [5, 5.41) is 0. The summed E-state index contributed by atoms with van der Waals surface area (Å²) in [7, 11) is 0. The zero-order valence-electron chi connectivity index (χ0n) is 21.6. The molecule has 38 heavy (non-hydrogen) atoms. The van der Waals surface area contributed by atoms with Crippen LogP contribution >= 0.6 is 0 Å². The maximum atomic E-state index is 2.35. The van der Waals surface area contributed by atoms with Gasteiger partial charge in [0.1, 0.15) is 0 Å². The fourth-order valence-corrected chi connectivity index (χ4v) is 5.38. The highest BCUT2D eigenvalue weighted by molar-refractivity contribution is 5.68. The second-order valence-electron chi connectivity index (χ2n) is 9.96. The SMILES string of the molecule is CC(c1ccc(-c2ccccc2)cc1)(c1ccc(-c2ccccc2)cc1)c1ccc(-c2ccccc2)cc1. The van der Waals surface area contributed by atoms with Gasteiger partial charge in [0.2, 0.25) is 0 Å². The van der Waals surface area contributed by atoms with E-state index in [1.54, 1.807) is 0 Å². The zero-order valence-corrected chi connectivity index (χ0v) is 21.6. The number of rotatable bonds is 6. The molecule has 182 valence electrons. The Morgan fingerprint density at radius 1 is 0.263 bits per heavy atom. The molecule has 0 heteroatoms. The smallest absolute Gasteiger partial charge is 0.0423 e. The van der Waals surface area contributed by atoms with Gasteiger partial charge in [-0.25, -0.2) is 0 Å². The summed E-state index contributed by atoms with van der Waals surface area (Å²) in [6.07, 6.45) is 0. The lowest BCUT2D eigenvalue weighted by Crippen LogP contribution is -2.25. The first-order valence-corrected chi connectivity index (χ1v) is 13.2. The molecule has 0 nitrogen and oxygen atoms in total. The van der Waals surface area contributed by atoms with Crippen LogP contribution in [0.4, 0.5) is 0 Å². The van der Waals surface area contributed by atoms with Crippen molar-refractivity contribution in [3.8, 4) is 33.4 Å². The minimum atomic E-state index is -0.306. The van der Waals surface area contributed by atoms with Gasteiger partial charge in [-0.3, -0.25) is 0 Å². The molecule has 6 aromatic rings. The Balaban J connectivity index is 1.43. The first kappa shape index (κ1) is 23.7. The third kappa shape index (κ3) is 4.58. The summed E-state index contributed by atoms with van der Waals surface area (Å²) in [4.78, 5) is 0. The summed E-state index contributed by atoms with van der Waals surface area (Å²) >= 11 is 0. The Hall–Kier alpha value is -4.68. The van der Waals surface area contributed by atoms with Crippen LogP contribution in [0.2, 0.25) is 0 Å². The van der Waals surface area contributed by atoms with Crippen molar-refractivity contribution < 1.29 is 0 Å². The molecular formula is C38H30. The molecule has 0 aliphatic rings. The van der Waals surface area contributed by atoms with Crippen molar-refractivity contribution in [2.24, 2.45) is 0 Å². The molecular weight excluding hydrogens is 456 g/mol. The summed E-state index contributed by atoms with van der Waals surface area (Å²) in [6, 6.07) is 59.0. The van der Waals surface area contributed by atoms with E-state index in [1.807, 2.05) is 0 Å². The largest absolute Gasteiger partial charge is 0.0622 e. The molecule has 0 fully saturated rings. The van der Waals surface area contributed by atoms with E-state index in [0.717, 1.165) is 0 Å². The maximum absolute atomic E-state index is 2.35. The van der Waals surface area contributed by atoms with Gasteiger partial charge in [-0.15, -0.1) is 0 Å². The predicted molar refractivity (Wildman–Crippen MR) is 161 cm³/mol. The van der Waals surface area contributed by atoms with Crippen LogP contribution in [0.25, 0.3) is 33.4 Å². The third-order valence-corrected chi connectivity index (χ3v) is 7.71. The maximum Gasteiger partial charge on any atom is 0.0423 e. The Bertz CT molecular complexity index is 1400. The summed E-state index contributed by atoms with van der Waals surface area (Å²) in [5.74, 6) is 0. The van der Waals surface area contributed by atoms with Crippen molar-refractivity contribution in [3.05, 3.63) is 180 Å². The fourth-order valence-electron chi connectivity index (χ4n) is 5.38. The molecule has 0 unspecified atom stereocenters. The number of hydrogen-bond donors (Lipinski definition) is 0. The van der Waals surface area contributed by atoms with Crippen molar-refractivity contribution in [2.75, 3.05) is 0 Å². The molecule has 0 aliphatic carbocycles. The molecule has 0 heterocycles. The highest BCUT2D eigenvalue weighted by atomic mass is 14.3. The highest BCUT2D eigenvalue weighted by Gasteiger charge is 2.31. The normalized spacial score (nSPS) is 11.3. The lowest BCUT2D eigenvalue weighted by Gasteiger charge is -2.32. The van der Waals surface area contributed by atoms with E-state index >= 15 is 0 Å². The third-order valence-electron chi connectivity index (χ3n) is 7.71. The zero-order chi connectivity index (χ0) is 25.8. The van der Waals surface area contributed by atoms with Crippen molar-refractivity contribution >= 4 is 0 Å². The van der Waals surface area contributed by atoms with Crippen LogP contribution in [0, 0.1) is 0 Å². The Kier molecular flexibility index (Phi) is 6.46. The molecule has 0 N–H and O–H groups in total. The van der Waals surface area contributed by atoms with Crippen molar-refractivity contribution in [1.82, 2.24) is 0 Å². The van der Waals surface area contributed by atoms with E-state index in [1.165, 1.54) is 50.1 Å². The van der Waals surface area contributed by atoms with Crippen LogP contribution in [0.3, 0.4) is 0 Å². The van der Waals surface area contributed by atoms with Gasteiger partial charge in [-0.2, -0.15) is 0 Å². The summed E-state index contributed by atoms with van der Waals surface area (Å²) in [6.45, 7) is 2.35. The standard InChI is InChI=1S/C38H30/c1-38(35-23-17-32(18-24-35)29-11-5-2-6-12-29,36-25-19-33(20-26-36)30-13-7-3-8-14-30)37-27-21-34(22-28-37)31-15-9-4-10-16-31/h2-28H,1H3. The Morgan fingerprint density at radius 3 is 0.711 bits per heavy atom. The summed E-state index contributed by atoms with van der Waals surface area (Å²) < 4.78 is 0. The molecule has 0 amide bonds. The van der Waals surface area contributed by atoms with Gasteiger partial charge in [0.05, 0.1) is 0 Å². The Labute approximate surface area is 225 Å². The average molecular weight is 487 g/mol. The molecule has 0 saturated heterocycles. The number of benzene rings is 6. The second kappa shape index (κ2) is 10.4. The highest BCUT2D eigenvalue weighted by Crippen LogP contribution is 2.41. The molecule has 0 saturated carbocycles. The Morgan fingerprint density at radius 2 is 0.474 bits per heavy atom. The van der Waals surface area contributed by atoms with E-state index < -0.39 is 0 Å². The molecule has 0 spiro atoms. The molecule has 0 atom stereocenters. The molecule has 0 aliphatic heterocycles. The molecule has 6 aromatic carbocycles. The van der Waals surface area contributed by atoms with Crippen LogP contribution in [0.5, 0.6) is 0 Å². The van der Waals surface area contributed by atoms with Gasteiger partial charge in [0.25, 0.3) is 0 Å². The lowest BCUT2D eigenvalue weighted by atomic mass is 9.70. The van der Waals surface area contributed by atoms with Crippen LogP contribution < -0.4 is 0 Å². The van der Waals surface area contributed by atoms with Crippen molar-refractivity contribution in [2.45, 2.75) is 12.3 Å². The van der Waals surface area contributed by atoms with E-state index in [0.29, 0.717) is 0 Å². The molecule has 6 rings (SSSR count). The molecule has 0 aromatic heterocycles. The van der Waals surface area contributed by atoms with Gasteiger partial charge in [0, 0.05) is 5.41 Å². The van der Waals surface area contributed by atoms with Gasteiger partial charge in [0.15, 0.2) is 0 Å². The minimum Gasteiger partial charge on any atom is -0.0622 e. The number of hydrogen-bond acceptors (Lipinski definition) is 0. The van der Waals surface area contributed by atoms with Crippen LogP contribution in [0.15, 0.2) is 164 Å². The lowest BCUT2D eigenvalue weighted by molar-refractivity contribution is 0.693. The second-order valence-corrected chi connectivity index (χ2v) is 9.96. The first-order valence-electron chi connectivity index (χ1n) is 13.2. The fraction of sp³-hybridized carbons (Fsp3) is 0.0526. The van der Waals surface area contributed by atoms with Crippen LogP contribution in [0.1, 0.15) is 23.6 Å². The predicted octanol–water partition coefficient (Wildman–Crippen LogP) is 10.0. The van der Waals surface area contributed by atoms with Gasteiger partial charge in [-0.1, -0.05) is 164 Å². The topological polar surface area (TPSA) is 0 Å². The average Bonchev–Trinajstić information content (AvgIpc) is 3.02. The van der Waals surface area contributed by atoms with Crippen molar-refractivity contribution in [1.29, 1.82) is 0 Å². The van der Waals surface area contributed by atoms with E-state index in [2.05, 4.69) is 171 Å². The van der Waals surface area contributed by atoms with Gasteiger partial charge < -0.3 is 0 Å². The minimum absolute atomic E-state index is 0.306. The monoisotopic (exact) mass is 486 g/mol. The summed E-state index contributed by atoms with van der Waals surface area (Å²) in [5.41, 5.74) is 10.9. The van der Waals surface area contributed by atoms with Crippen LogP contribution in [-0.2, 0) is 5.41 Å². The van der Waals surface area contributed by atoms with E-state index in [9.17, 15) is 0 Å².